The molecule has 5 fully saturated rings. The highest BCUT2D eigenvalue weighted by Crippen LogP contribution is 2.88. The Labute approximate surface area is 192 Å². The van der Waals surface area contributed by atoms with Crippen LogP contribution in [0.25, 0.3) is 0 Å². The van der Waals surface area contributed by atoms with Crippen molar-refractivity contribution in [2.24, 2.45) is 57.2 Å². The Bertz CT molecular complexity index is 741. The predicted molar refractivity (Wildman–Crippen MR) is 131 cm³/mol. The fourth-order valence-electron chi connectivity index (χ4n) is 10.9. The fourth-order valence-corrected chi connectivity index (χ4v) is 10.9. The SMILES string of the molecule is C=C(C)[C@@H](C)CC[C@@H](C)[C@H]1CC[C@@]2(C)[C@@H]3CC[C@H]4[C@@H](C)[C@H](O)CC[C@@]45C[C@@]35CC[C@]12C. The van der Waals surface area contributed by atoms with Crippen LogP contribution >= 0.6 is 0 Å². The van der Waals surface area contributed by atoms with Crippen molar-refractivity contribution < 1.29 is 5.11 Å². The zero-order chi connectivity index (χ0) is 22.4. The molecular weight excluding hydrogens is 376 g/mol. The van der Waals surface area contributed by atoms with E-state index in [-0.39, 0.29) is 6.10 Å². The second kappa shape index (κ2) is 7.10. The summed E-state index contributed by atoms with van der Waals surface area (Å²) >= 11 is 0. The third-order valence-electron chi connectivity index (χ3n) is 13.3. The van der Waals surface area contributed by atoms with Gasteiger partial charge in [0, 0.05) is 0 Å². The first-order chi connectivity index (χ1) is 14.5. The third kappa shape index (κ3) is 2.77. The molecule has 0 aromatic heterocycles. The van der Waals surface area contributed by atoms with Crippen LogP contribution in [0.1, 0.15) is 112 Å². The van der Waals surface area contributed by atoms with Gasteiger partial charge in [-0.25, -0.2) is 0 Å². The van der Waals surface area contributed by atoms with Gasteiger partial charge < -0.3 is 5.11 Å². The van der Waals surface area contributed by atoms with Gasteiger partial charge in [0.1, 0.15) is 0 Å². The quantitative estimate of drug-likeness (QED) is 0.441. The molecule has 0 heterocycles. The van der Waals surface area contributed by atoms with E-state index in [0.29, 0.717) is 33.5 Å². The normalized spacial score (nSPS) is 54.7. The van der Waals surface area contributed by atoms with E-state index in [2.05, 4.69) is 48.1 Å². The lowest BCUT2D eigenvalue weighted by molar-refractivity contribution is -0.143. The summed E-state index contributed by atoms with van der Waals surface area (Å²) in [5.41, 5.74) is 3.69. The maximum atomic E-state index is 10.6. The second-order valence-corrected chi connectivity index (χ2v) is 14.0. The summed E-state index contributed by atoms with van der Waals surface area (Å²) in [7, 11) is 0. The lowest BCUT2D eigenvalue weighted by Gasteiger charge is -2.62. The largest absolute Gasteiger partial charge is 0.393 e. The molecule has 1 heteroatoms. The molecule has 1 N–H and O–H groups in total. The van der Waals surface area contributed by atoms with Crippen molar-refractivity contribution >= 4 is 0 Å². The standard InChI is InChI=1S/C30H50O/c1-19(2)20(3)8-9-21(4)23-12-14-28(7)26-11-10-24-22(5)25(31)13-15-29(24)18-30(26,29)17-16-27(23,28)6/h20-26,31H,1,8-18H2,2-7H3/t20-,21+,22+,23+,24-,25+,26-,27+,28-,29+,30-/m0/s1. The highest BCUT2D eigenvalue weighted by Gasteiger charge is 2.81. The van der Waals surface area contributed by atoms with Crippen LogP contribution in [-0.2, 0) is 0 Å². The molecule has 176 valence electrons. The molecule has 0 unspecified atom stereocenters. The van der Waals surface area contributed by atoms with Crippen LogP contribution in [0.3, 0.4) is 0 Å². The first kappa shape index (κ1) is 22.5. The van der Waals surface area contributed by atoms with E-state index in [1.165, 1.54) is 69.8 Å². The Morgan fingerprint density at radius 3 is 2.39 bits per heavy atom. The first-order valence-electron chi connectivity index (χ1n) is 13.9. The van der Waals surface area contributed by atoms with Crippen molar-refractivity contribution in [2.45, 2.75) is 118 Å². The van der Waals surface area contributed by atoms with E-state index in [1.807, 2.05) is 0 Å². The molecule has 2 spiro atoms. The maximum absolute atomic E-state index is 10.6. The summed E-state index contributed by atoms with van der Waals surface area (Å²) in [6, 6.07) is 0. The van der Waals surface area contributed by atoms with Crippen LogP contribution in [-0.4, -0.2) is 11.2 Å². The maximum Gasteiger partial charge on any atom is 0.0568 e. The van der Waals surface area contributed by atoms with Crippen LogP contribution in [0, 0.1) is 57.2 Å². The number of allylic oxidation sites excluding steroid dienone is 1. The van der Waals surface area contributed by atoms with Gasteiger partial charge in [-0.2, -0.15) is 0 Å². The van der Waals surface area contributed by atoms with Crippen molar-refractivity contribution in [3.8, 4) is 0 Å². The van der Waals surface area contributed by atoms with Crippen molar-refractivity contribution in [3.63, 3.8) is 0 Å². The average Bonchev–Trinajstić information content (AvgIpc) is 3.31. The van der Waals surface area contributed by atoms with Gasteiger partial charge in [-0.3, -0.25) is 0 Å². The third-order valence-corrected chi connectivity index (χ3v) is 13.3. The second-order valence-electron chi connectivity index (χ2n) is 14.0. The van der Waals surface area contributed by atoms with E-state index in [1.54, 1.807) is 0 Å². The number of rotatable bonds is 5. The van der Waals surface area contributed by atoms with Crippen LogP contribution in [0.15, 0.2) is 12.2 Å². The molecule has 0 aliphatic heterocycles. The Morgan fingerprint density at radius 2 is 1.68 bits per heavy atom. The molecule has 11 atom stereocenters. The van der Waals surface area contributed by atoms with Gasteiger partial charge in [0.15, 0.2) is 0 Å². The molecule has 0 bridgehead atoms. The number of hydrogen-bond acceptors (Lipinski definition) is 1. The van der Waals surface area contributed by atoms with Gasteiger partial charge in [-0.1, -0.05) is 46.8 Å². The highest BCUT2D eigenvalue weighted by molar-refractivity contribution is 5.29. The Kier molecular flexibility index (Phi) is 5.15. The molecular formula is C30H50O. The molecule has 0 saturated heterocycles. The van der Waals surface area contributed by atoms with Gasteiger partial charge in [0.05, 0.1) is 6.10 Å². The summed E-state index contributed by atoms with van der Waals surface area (Å²) in [5.74, 6) is 4.71. The minimum atomic E-state index is -0.0347. The average molecular weight is 427 g/mol. The lowest BCUT2D eigenvalue weighted by Crippen LogP contribution is -2.55. The van der Waals surface area contributed by atoms with E-state index in [4.69, 9.17) is 0 Å². The molecule has 1 nitrogen and oxygen atoms in total. The van der Waals surface area contributed by atoms with Crippen molar-refractivity contribution in [3.05, 3.63) is 12.2 Å². The lowest BCUT2D eigenvalue weighted by atomic mass is 9.43. The summed E-state index contributed by atoms with van der Waals surface area (Å²) in [5, 5.41) is 10.6. The molecule has 5 aliphatic carbocycles. The molecule has 0 radical (unpaired) electrons. The summed E-state index contributed by atoms with van der Waals surface area (Å²) in [4.78, 5) is 0. The van der Waals surface area contributed by atoms with Crippen LogP contribution in [0.4, 0.5) is 0 Å². The van der Waals surface area contributed by atoms with Crippen LogP contribution < -0.4 is 0 Å². The Morgan fingerprint density at radius 1 is 0.935 bits per heavy atom. The topological polar surface area (TPSA) is 20.2 Å². The number of aliphatic hydroxyl groups is 1. The molecule has 5 aliphatic rings. The van der Waals surface area contributed by atoms with Crippen molar-refractivity contribution in [1.29, 1.82) is 0 Å². The number of aliphatic hydroxyl groups excluding tert-OH is 1. The predicted octanol–water partition coefficient (Wildman–Crippen LogP) is 8.02. The van der Waals surface area contributed by atoms with E-state index >= 15 is 0 Å². The molecule has 5 rings (SSSR count). The Balaban J connectivity index is 1.37. The van der Waals surface area contributed by atoms with E-state index in [0.717, 1.165) is 30.1 Å². The van der Waals surface area contributed by atoms with Crippen LogP contribution in [0.2, 0.25) is 0 Å². The fraction of sp³-hybridized carbons (Fsp3) is 0.933. The molecule has 0 aromatic carbocycles. The molecule has 0 aromatic rings. The van der Waals surface area contributed by atoms with Crippen LogP contribution in [0.5, 0.6) is 0 Å². The summed E-state index contributed by atoms with van der Waals surface area (Å²) in [6.07, 6.45) is 15.3. The van der Waals surface area contributed by atoms with Gasteiger partial charge in [0.2, 0.25) is 0 Å². The van der Waals surface area contributed by atoms with E-state index < -0.39 is 0 Å². The number of hydrogen-bond donors (Lipinski definition) is 1. The van der Waals surface area contributed by atoms with Crippen molar-refractivity contribution in [2.75, 3.05) is 0 Å². The summed E-state index contributed by atoms with van der Waals surface area (Å²) < 4.78 is 0. The van der Waals surface area contributed by atoms with Gasteiger partial charge in [0.25, 0.3) is 0 Å². The van der Waals surface area contributed by atoms with E-state index in [9.17, 15) is 5.11 Å². The van der Waals surface area contributed by atoms with Gasteiger partial charge in [-0.05, 0) is 135 Å². The molecule has 31 heavy (non-hydrogen) atoms. The first-order valence-corrected chi connectivity index (χ1v) is 13.9. The van der Waals surface area contributed by atoms with Gasteiger partial charge in [-0.15, -0.1) is 0 Å². The summed E-state index contributed by atoms with van der Waals surface area (Å²) in [6.45, 7) is 19.2. The zero-order valence-electron chi connectivity index (χ0n) is 21.5. The Hall–Kier alpha value is -0.300. The minimum Gasteiger partial charge on any atom is -0.393 e. The monoisotopic (exact) mass is 426 g/mol. The zero-order valence-corrected chi connectivity index (χ0v) is 21.5. The van der Waals surface area contributed by atoms with Crippen molar-refractivity contribution in [1.82, 2.24) is 0 Å². The van der Waals surface area contributed by atoms with Gasteiger partial charge >= 0.3 is 0 Å². The minimum absolute atomic E-state index is 0.0347. The highest BCUT2D eigenvalue weighted by atomic mass is 16.3. The molecule has 5 saturated carbocycles. The molecule has 0 amide bonds. The number of fused-ring (bicyclic) bond motifs is 2. The smallest absolute Gasteiger partial charge is 0.0568 e.